The van der Waals surface area contributed by atoms with Crippen molar-refractivity contribution in [1.82, 2.24) is 4.90 Å². The van der Waals surface area contributed by atoms with Crippen LogP contribution in [0.4, 0.5) is 13.2 Å². The average molecular weight is 392 g/mol. The molecule has 1 aliphatic rings. The Balaban J connectivity index is 1.74. The van der Waals surface area contributed by atoms with E-state index >= 15 is 0 Å². The lowest BCUT2D eigenvalue weighted by atomic mass is 10.1. The smallest absolute Gasteiger partial charge is 0.286 e. The van der Waals surface area contributed by atoms with Crippen molar-refractivity contribution in [3.8, 4) is 0 Å². The molecule has 0 bridgehead atoms. The summed E-state index contributed by atoms with van der Waals surface area (Å²) in [6.45, 7) is 4.88. The third-order valence-electron chi connectivity index (χ3n) is 4.34. The molecule has 0 fully saturated rings. The molecule has 0 aliphatic carbocycles. The summed E-state index contributed by atoms with van der Waals surface area (Å²) in [5, 5.41) is 0.554. The van der Waals surface area contributed by atoms with Gasteiger partial charge in [-0.05, 0) is 43.2 Å². The van der Waals surface area contributed by atoms with Crippen LogP contribution in [0.2, 0.25) is 0 Å². The fourth-order valence-corrected chi connectivity index (χ4v) is 3.93. The van der Waals surface area contributed by atoms with Crippen LogP contribution < -0.4 is 0 Å². The van der Waals surface area contributed by atoms with Crippen molar-refractivity contribution in [2.45, 2.75) is 25.8 Å². The van der Waals surface area contributed by atoms with Gasteiger partial charge in [-0.2, -0.15) is 13.2 Å². The number of aryl methyl sites for hydroxylation is 2. The Morgan fingerprint density at radius 2 is 1.96 bits per heavy atom. The van der Waals surface area contributed by atoms with Crippen LogP contribution in [-0.2, 0) is 11.9 Å². The minimum atomic E-state index is -4.48. The molecule has 0 saturated carbocycles. The van der Waals surface area contributed by atoms with Crippen molar-refractivity contribution in [3.05, 3.63) is 70.3 Å². The van der Waals surface area contributed by atoms with Crippen LogP contribution >= 0.6 is 11.8 Å². The minimum absolute atomic E-state index is 0.0201. The fraction of sp³-hybridized carbons (Fsp3) is 0.300. The van der Waals surface area contributed by atoms with Crippen molar-refractivity contribution in [1.29, 1.82) is 0 Å². The number of aliphatic imine (C=N–C) groups is 1. The van der Waals surface area contributed by atoms with Gasteiger partial charge in [0.05, 0.1) is 12.1 Å². The maximum absolute atomic E-state index is 12.9. The van der Waals surface area contributed by atoms with Gasteiger partial charge in [0.2, 0.25) is 0 Å². The van der Waals surface area contributed by atoms with Gasteiger partial charge in [0.15, 0.2) is 5.17 Å². The van der Waals surface area contributed by atoms with Gasteiger partial charge in [-0.1, -0.05) is 41.6 Å². The normalized spacial score (nSPS) is 14.4. The first-order valence-corrected chi connectivity index (χ1v) is 9.47. The van der Waals surface area contributed by atoms with E-state index < -0.39 is 17.6 Å². The second-order valence-electron chi connectivity index (χ2n) is 6.42. The van der Waals surface area contributed by atoms with Gasteiger partial charge in [0.1, 0.15) is 0 Å². The molecular formula is C20H19F3N2OS. The molecule has 3 rings (SSSR count). The highest BCUT2D eigenvalue weighted by molar-refractivity contribution is 8.13. The van der Waals surface area contributed by atoms with E-state index in [2.05, 4.69) is 11.1 Å². The standard InChI is InChI=1S/C20H19F3N2OS/c1-13-6-7-14(2)16(10-13)12-27-19-24-8-9-25(19)18(26)15-4-3-5-17(11-15)20(21,22)23/h3-7,10-11H,8-9,12H2,1-2H3. The van der Waals surface area contributed by atoms with Gasteiger partial charge in [0, 0.05) is 17.9 Å². The van der Waals surface area contributed by atoms with Crippen LogP contribution in [0.25, 0.3) is 0 Å². The minimum Gasteiger partial charge on any atom is -0.286 e. The zero-order chi connectivity index (χ0) is 19.6. The van der Waals surface area contributed by atoms with Gasteiger partial charge in [-0.3, -0.25) is 14.7 Å². The Labute approximate surface area is 160 Å². The molecule has 0 atom stereocenters. The SMILES string of the molecule is Cc1ccc(C)c(CSC2=NCCN2C(=O)c2cccc(C(F)(F)F)c2)c1. The molecule has 2 aromatic rings. The summed E-state index contributed by atoms with van der Waals surface area (Å²) in [6.07, 6.45) is -4.48. The first-order chi connectivity index (χ1) is 12.8. The van der Waals surface area contributed by atoms with E-state index in [0.29, 0.717) is 24.0 Å². The third kappa shape index (κ3) is 4.53. The number of hydrogen-bond acceptors (Lipinski definition) is 3. The zero-order valence-corrected chi connectivity index (χ0v) is 15.8. The Morgan fingerprint density at radius 1 is 1.19 bits per heavy atom. The summed E-state index contributed by atoms with van der Waals surface area (Å²) in [6, 6.07) is 10.7. The van der Waals surface area contributed by atoms with Crippen molar-refractivity contribution in [2.24, 2.45) is 4.99 Å². The molecule has 0 aromatic heterocycles. The first-order valence-electron chi connectivity index (χ1n) is 8.48. The van der Waals surface area contributed by atoms with Gasteiger partial charge >= 0.3 is 6.18 Å². The molecular weight excluding hydrogens is 373 g/mol. The van der Waals surface area contributed by atoms with E-state index in [9.17, 15) is 18.0 Å². The number of nitrogens with zero attached hydrogens (tertiary/aromatic N) is 2. The number of thioether (sulfide) groups is 1. The van der Waals surface area contributed by atoms with Crippen molar-refractivity contribution in [2.75, 3.05) is 13.1 Å². The maximum Gasteiger partial charge on any atom is 0.416 e. The van der Waals surface area contributed by atoms with Crippen LogP contribution in [0.15, 0.2) is 47.5 Å². The Kier molecular flexibility index (Phi) is 5.60. The lowest BCUT2D eigenvalue weighted by Gasteiger charge is -2.19. The quantitative estimate of drug-likeness (QED) is 0.731. The number of benzene rings is 2. The number of amidine groups is 1. The predicted molar refractivity (Wildman–Crippen MR) is 102 cm³/mol. The van der Waals surface area contributed by atoms with Crippen LogP contribution in [0.1, 0.15) is 32.6 Å². The molecule has 0 N–H and O–H groups in total. The number of rotatable bonds is 3. The van der Waals surface area contributed by atoms with E-state index in [1.165, 1.54) is 28.8 Å². The lowest BCUT2D eigenvalue weighted by molar-refractivity contribution is -0.137. The third-order valence-corrected chi connectivity index (χ3v) is 5.41. The number of halogens is 3. The second kappa shape index (κ2) is 7.76. The van der Waals surface area contributed by atoms with Crippen LogP contribution in [0.3, 0.4) is 0 Å². The summed E-state index contributed by atoms with van der Waals surface area (Å²) in [4.78, 5) is 18.6. The van der Waals surface area contributed by atoms with E-state index in [-0.39, 0.29) is 5.56 Å². The Morgan fingerprint density at radius 3 is 2.70 bits per heavy atom. The summed E-state index contributed by atoms with van der Waals surface area (Å²) in [5.74, 6) is 0.199. The Bertz CT molecular complexity index is 893. The van der Waals surface area contributed by atoms with Crippen LogP contribution in [0.5, 0.6) is 0 Å². The first kappa shape index (κ1) is 19.5. The number of hydrogen-bond donors (Lipinski definition) is 0. The molecule has 27 heavy (non-hydrogen) atoms. The van der Waals surface area contributed by atoms with Crippen LogP contribution in [-0.4, -0.2) is 29.1 Å². The van der Waals surface area contributed by atoms with Gasteiger partial charge in [-0.25, -0.2) is 0 Å². The highest BCUT2D eigenvalue weighted by Gasteiger charge is 2.32. The summed E-state index contributed by atoms with van der Waals surface area (Å²) in [7, 11) is 0. The molecule has 7 heteroatoms. The van der Waals surface area contributed by atoms with Gasteiger partial charge in [-0.15, -0.1) is 0 Å². The number of carbonyl (C=O) groups excluding carboxylic acids is 1. The monoisotopic (exact) mass is 392 g/mol. The average Bonchev–Trinajstić information content (AvgIpc) is 3.10. The lowest BCUT2D eigenvalue weighted by Crippen LogP contribution is -2.33. The molecule has 0 radical (unpaired) electrons. The van der Waals surface area contributed by atoms with E-state index in [0.717, 1.165) is 28.8 Å². The van der Waals surface area contributed by atoms with Gasteiger partial charge < -0.3 is 0 Å². The van der Waals surface area contributed by atoms with Crippen molar-refractivity contribution >= 4 is 22.8 Å². The van der Waals surface area contributed by atoms with Crippen molar-refractivity contribution < 1.29 is 18.0 Å². The van der Waals surface area contributed by atoms with E-state index in [1.54, 1.807) is 0 Å². The molecule has 0 unspecified atom stereocenters. The zero-order valence-electron chi connectivity index (χ0n) is 15.0. The highest BCUT2D eigenvalue weighted by Crippen LogP contribution is 2.30. The molecule has 0 spiro atoms. The topological polar surface area (TPSA) is 32.7 Å². The van der Waals surface area contributed by atoms with E-state index in [4.69, 9.17) is 0 Å². The fourth-order valence-electron chi connectivity index (χ4n) is 2.82. The number of amides is 1. The maximum atomic E-state index is 12.9. The molecule has 1 aliphatic heterocycles. The van der Waals surface area contributed by atoms with Gasteiger partial charge in [0.25, 0.3) is 5.91 Å². The number of alkyl halides is 3. The molecule has 3 nitrogen and oxygen atoms in total. The largest absolute Gasteiger partial charge is 0.416 e. The molecule has 142 valence electrons. The summed E-state index contributed by atoms with van der Waals surface area (Å²) < 4.78 is 38.7. The van der Waals surface area contributed by atoms with E-state index in [1.807, 2.05) is 26.0 Å². The molecule has 1 heterocycles. The number of carbonyl (C=O) groups is 1. The van der Waals surface area contributed by atoms with Crippen molar-refractivity contribution in [3.63, 3.8) is 0 Å². The molecule has 1 amide bonds. The second-order valence-corrected chi connectivity index (χ2v) is 7.36. The molecule has 2 aromatic carbocycles. The predicted octanol–water partition coefficient (Wildman–Crippen LogP) is 5.07. The molecule has 0 saturated heterocycles. The Hall–Kier alpha value is -2.28. The van der Waals surface area contributed by atoms with Crippen LogP contribution in [0, 0.1) is 13.8 Å². The summed E-state index contributed by atoms with van der Waals surface area (Å²) >= 11 is 1.43. The highest BCUT2D eigenvalue weighted by atomic mass is 32.2. The summed E-state index contributed by atoms with van der Waals surface area (Å²) in [5.41, 5.74) is 2.66.